The molecule has 0 unspecified atom stereocenters. The summed E-state index contributed by atoms with van der Waals surface area (Å²) >= 11 is 0. The van der Waals surface area contributed by atoms with Crippen molar-refractivity contribution in [1.82, 2.24) is 0 Å². The normalized spacial score (nSPS) is 37.4. The fourth-order valence-electron chi connectivity index (χ4n) is 5.48. The van der Waals surface area contributed by atoms with Crippen molar-refractivity contribution < 1.29 is 14.3 Å². The first-order valence-corrected chi connectivity index (χ1v) is 8.80. The molecule has 2 aliphatic rings. The van der Waals surface area contributed by atoms with Crippen LogP contribution in [0.3, 0.4) is 0 Å². The minimum Gasteiger partial charge on any atom is -0.481 e. The standard InChI is InChI=1S/C20H28O3/c1-14-5-8-17-19(2,10-4-11-20(17,3)18(21)22)16(14)7-6-15-9-12-23-13-15/h9,12-13,16-17H,1,4-8,10-11H2,2-3H3,(H,21,22)/t16-,17-,19-,20+/m0/s1. The van der Waals surface area contributed by atoms with E-state index in [4.69, 9.17) is 4.42 Å². The van der Waals surface area contributed by atoms with Crippen molar-refractivity contribution in [3.8, 4) is 0 Å². The maximum absolute atomic E-state index is 12.0. The Kier molecular flexibility index (Phi) is 4.16. The monoisotopic (exact) mass is 316 g/mol. The summed E-state index contributed by atoms with van der Waals surface area (Å²) in [4.78, 5) is 12.0. The largest absolute Gasteiger partial charge is 0.481 e. The van der Waals surface area contributed by atoms with Crippen molar-refractivity contribution in [2.45, 2.75) is 58.8 Å². The summed E-state index contributed by atoms with van der Waals surface area (Å²) in [5.74, 6) is 0.0470. The van der Waals surface area contributed by atoms with Crippen LogP contribution in [0.5, 0.6) is 0 Å². The fraction of sp³-hybridized carbons (Fsp3) is 0.650. The molecule has 23 heavy (non-hydrogen) atoms. The van der Waals surface area contributed by atoms with Gasteiger partial charge in [0.15, 0.2) is 0 Å². The number of carboxylic acid groups (broad SMARTS) is 1. The second-order valence-electron chi connectivity index (χ2n) is 8.05. The smallest absolute Gasteiger partial charge is 0.309 e. The number of hydrogen-bond donors (Lipinski definition) is 1. The summed E-state index contributed by atoms with van der Waals surface area (Å²) in [5, 5.41) is 9.85. The Balaban J connectivity index is 1.86. The van der Waals surface area contributed by atoms with E-state index in [0.717, 1.165) is 44.9 Å². The van der Waals surface area contributed by atoms with Gasteiger partial charge in [-0.3, -0.25) is 4.79 Å². The predicted molar refractivity (Wildman–Crippen MR) is 90.1 cm³/mol. The Bertz CT molecular complexity index is 588. The summed E-state index contributed by atoms with van der Waals surface area (Å²) in [5.41, 5.74) is 2.02. The SMILES string of the molecule is C=C1CC[C@H]2[C@@](C)(CCC[C@@]2(C)C(=O)O)[C@H]1CCc1ccoc1. The van der Waals surface area contributed by atoms with Crippen LogP contribution in [-0.2, 0) is 11.2 Å². The molecule has 126 valence electrons. The third-order valence-corrected chi connectivity index (χ3v) is 6.81. The second-order valence-corrected chi connectivity index (χ2v) is 8.05. The average molecular weight is 316 g/mol. The Morgan fingerprint density at radius 3 is 2.87 bits per heavy atom. The van der Waals surface area contributed by atoms with E-state index >= 15 is 0 Å². The van der Waals surface area contributed by atoms with Crippen molar-refractivity contribution in [3.05, 3.63) is 36.3 Å². The Labute approximate surface area is 138 Å². The van der Waals surface area contributed by atoms with Crippen molar-refractivity contribution >= 4 is 5.97 Å². The van der Waals surface area contributed by atoms with Gasteiger partial charge in [0.2, 0.25) is 0 Å². The van der Waals surface area contributed by atoms with Gasteiger partial charge in [-0.1, -0.05) is 25.5 Å². The van der Waals surface area contributed by atoms with E-state index in [2.05, 4.69) is 13.5 Å². The lowest BCUT2D eigenvalue weighted by atomic mass is 9.46. The van der Waals surface area contributed by atoms with E-state index in [1.807, 2.05) is 19.3 Å². The third-order valence-electron chi connectivity index (χ3n) is 6.81. The van der Waals surface area contributed by atoms with Crippen LogP contribution in [-0.4, -0.2) is 11.1 Å². The molecule has 1 aromatic rings. The Morgan fingerprint density at radius 1 is 1.43 bits per heavy atom. The molecule has 1 N–H and O–H groups in total. The van der Waals surface area contributed by atoms with Gasteiger partial charge in [0.25, 0.3) is 0 Å². The highest BCUT2D eigenvalue weighted by Gasteiger charge is 2.57. The van der Waals surface area contributed by atoms with Gasteiger partial charge >= 0.3 is 5.97 Å². The Hall–Kier alpha value is -1.51. The van der Waals surface area contributed by atoms with E-state index in [9.17, 15) is 9.90 Å². The van der Waals surface area contributed by atoms with Crippen LogP contribution < -0.4 is 0 Å². The second kappa shape index (κ2) is 5.85. The molecule has 3 nitrogen and oxygen atoms in total. The van der Waals surface area contributed by atoms with Crippen LogP contribution in [0.4, 0.5) is 0 Å². The molecular weight excluding hydrogens is 288 g/mol. The first-order valence-electron chi connectivity index (χ1n) is 8.80. The van der Waals surface area contributed by atoms with Gasteiger partial charge in [-0.05, 0) is 74.3 Å². The molecule has 2 aliphatic carbocycles. The average Bonchev–Trinajstić information content (AvgIpc) is 2.99. The summed E-state index contributed by atoms with van der Waals surface area (Å²) in [6.45, 7) is 8.65. The zero-order valence-electron chi connectivity index (χ0n) is 14.3. The number of carbonyl (C=O) groups is 1. The molecule has 4 atom stereocenters. The Morgan fingerprint density at radius 2 is 2.22 bits per heavy atom. The van der Waals surface area contributed by atoms with E-state index in [1.54, 1.807) is 6.26 Å². The number of aliphatic carboxylic acids is 1. The van der Waals surface area contributed by atoms with E-state index < -0.39 is 11.4 Å². The molecule has 0 radical (unpaired) electrons. The van der Waals surface area contributed by atoms with E-state index in [1.165, 1.54) is 11.1 Å². The van der Waals surface area contributed by atoms with Crippen LogP contribution in [0, 0.1) is 22.7 Å². The minimum atomic E-state index is -0.616. The highest BCUT2D eigenvalue weighted by Crippen LogP contribution is 2.61. The summed E-state index contributed by atoms with van der Waals surface area (Å²) in [6.07, 6.45) is 10.4. The quantitative estimate of drug-likeness (QED) is 0.788. The molecule has 0 bridgehead atoms. The van der Waals surface area contributed by atoms with Crippen LogP contribution in [0.1, 0.15) is 57.9 Å². The summed E-state index contributed by atoms with van der Waals surface area (Å²) < 4.78 is 5.18. The number of hydrogen-bond acceptors (Lipinski definition) is 2. The number of aryl methyl sites for hydroxylation is 1. The first kappa shape index (κ1) is 16.4. The summed E-state index contributed by atoms with van der Waals surface area (Å²) in [7, 11) is 0. The van der Waals surface area contributed by atoms with Crippen LogP contribution in [0.15, 0.2) is 35.2 Å². The molecule has 3 rings (SSSR count). The number of rotatable bonds is 4. The molecule has 2 fully saturated rings. The van der Waals surface area contributed by atoms with Gasteiger partial charge in [0.1, 0.15) is 0 Å². The fourth-order valence-corrected chi connectivity index (χ4v) is 5.48. The molecule has 0 spiro atoms. The van der Waals surface area contributed by atoms with Crippen LogP contribution in [0.25, 0.3) is 0 Å². The third kappa shape index (κ3) is 2.64. The van der Waals surface area contributed by atoms with E-state index in [0.29, 0.717) is 5.92 Å². The zero-order chi connectivity index (χ0) is 16.7. The molecule has 0 aromatic carbocycles. The highest BCUT2D eigenvalue weighted by atomic mass is 16.4. The van der Waals surface area contributed by atoms with Crippen molar-refractivity contribution in [1.29, 1.82) is 0 Å². The first-order chi connectivity index (χ1) is 10.9. The van der Waals surface area contributed by atoms with Crippen molar-refractivity contribution in [2.24, 2.45) is 22.7 Å². The zero-order valence-corrected chi connectivity index (χ0v) is 14.3. The molecule has 3 heteroatoms. The number of allylic oxidation sites excluding steroid dienone is 1. The maximum atomic E-state index is 12.0. The topological polar surface area (TPSA) is 50.4 Å². The van der Waals surface area contributed by atoms with Gasteiger partial charge in [-0.25, -0.2) is 0 Å². The number of furan rings is 1. The van der Waals surface area contributed by atoms with Gasteiger partial charge in [-0.15, -0.1) is 0 Å². The van der Waals surface area contributed by atoms with Crippen LogP contribution >= 0.6 is 0 Å². The summed E-state index contributed by atoms with van der Waals surface area (Å²) in [6, 6.07) is 2.02. The number of carboxylic acids is 1. The lowest BCUT2D eigenvalue weighted by Crippen LogP contribution is -2.53. The molecule has 1 aromatic heterocycles. The van der Waals surface area contributed by atoms with E-state index in [-0.39, 0.29) is 11.3 Å². The lowest BCUT2D eigenvalue weighted by molar-refractivity contribution is -0.164. The van der Waals surface area contributed by atoms with Gasteiger partial charge in [-0.2, -0.15) is 0 Å². The van der Waals surface area contributed by atoms with Gasteiger partial charge < -0.3 is 9.52 Å². The molecule has 0 saturated heterocycles. The van der Waals surface area contributed by atoms with Crippen molar-refractivity contribution in [2.75, 3.05) is 0 Å². The molecule has 1 heterocycles. The molecule has 2 saturated carbocycles. The molecule has 0 aliphatic heterocycles. The maximum Gasteiger partial charge on any atom is 0.309 e. The molecular formula is C20H28O3. The predicted octanol–water partition coefficient (Wildman–Crippen LogP) is 5.08. The highest BCUT2D eigenvalue weighted by molar-refractivity contribution is 5.75. The van der Waals surface area contributed by atoms with Crippen molar-refractivity contribution in [3.63, 3.8) is 0 Å². The van der Waals surface area contributed by atoms with Crippen LogP contribution in [0.2, 0.25) is 0 Å². The van der Waals surface area contributed by atoms with Gasteiger partial charge in [0, 0.05) is 0 Å². The minimum absolute atomic E-state index is 0.0600. The lowest BCUT2D eigenvalue weighted by Gasteiger charge is -2.57. The number of fused-ring (bicyclic) bond motifs is 1. The molecule has 0 amide bonds. The van der Waals surface area contributed by atoms with Gasteiger partial charge in [0.05, 0.1) is 17.9 Å².